The third-order valence-corrected chi connectivity index (χ3v) is 2.97. The van der Waals surface area contributed by atoms with Crippen LogP contribution in [0.2, 0.25) is 0 Å². The van der Waals surface area contributed by atoms with Crippen LogP contribution in [0, 0.1) is 6.92 Å². The number of ether oxygens (including phenoxy) is 2. The van der Waals surface area contributed by atoms with Gasteiger partial charge in [0.15, 0.2) is 0 Å². The Bertz CT molecular complexity index is 389. The number of aromatic nitrogens is 2. The predicted octanol–water partition coefficient (Wildman–Crippen LogP) is 1.77. The number of aryl methyl sites for hydroxylation is 1. The maximum absolute atomic E-state index is 5.71. The van der Waals surface area contributed by atoms with Crippen LogP contribution in [0.5, 0.6) is 5.88 Å². The Labute approximate surface area is 102 Å². The predicted molar refractivity (Wildman–Crippen MR) is 65.4 cm³/mol. The molecule has 0 amide bonds. The molecule has 5 heteroatoms. The first-order valence-electron chi connectivity index (χ1n) is 5.89. The molecule has 1 fully saturated rings. The van der Waals surface area contributed by atoms with Crippen LogP contribution in [0.25, 0.3) is 0 Å². The van der Waals surface area contributed by atoms with E-state index < -0.39 is 0 Å². The van der Waals surface area contributed by atoms with Crippen LogP contribution in [0.3, 0.4) is 0 Å². The monoisotopic (exact) mass is 237 g/mol. The number of rotatable bonds is 4. The fourth-order valence-corrected chi connectivity index (χ4v) is 1.99. The molecule has 1 saturated heterocycles. The zero-order valence-electron chi connectivity index (χ0n) is 10.6. The Morgan fingerprint density at radius 1 is 1.53 bits per heavy atom. The van der Waals surface area contributed by atoms with Gasteiger partial charge >= 0.3 is 0 Å². The van der Waals surface area contributed by atoms with Gasteiger partial charge in [-0.2, -0.15) is 4.98 Å². The van der Waals surface area contributed by atoms with E-state index in [9.17, 15) is 0 Å². The number of hydrogen-bond donors (Lipinski definition) is 1. The van der Waals surface area contributed by atoms with Crippen molar-refractivity contribution in [1.29, 1.82) is 0 Å². The molecule has 94 valence electrons. The minimum Gasteiger partial charge on any atom is -0.481 e. The van der Waals surface area contributed by atoms with Crippen molar-refractivity contribution in [3.63, 3.8) is 0 Å². The van der Waals surface area contributed by atoms with Crippen LogP contribution in [-0.4, -0.2) is 35.8 Å². The van der Waals surface area contributed by atoms with Crippen molar-refractivity contribution in [3.8, 4) is 5.88 Å². The van der Waals surface area contributed by atoms with Gasteiger partial charge in [-0.25, -0.2) is 4.98 Å². The van der Waals surface area contributed by atoms with E-state index in [2.05, 4.69) is 22.2 Å². The van der Waals surface area contributed by atoms with Gasteiger partial charge in [-0.3, -0.25) is 0 Å². The van der Waals surface area contributed by atoms with Crippen molar-refractivity contribution in [2.24, 2.45) is 0 Å². The lowest BCUT2D eigenvalue weighted by molar-refractivity contribution is 0.0314. The minimum absolute atomic E-state index is 0.0773. The summed E-state index contributed by atoms with van der Waals surface area (Å²) in [4.78, 5) is 8.46. The minimum atomic E-state index is -0.0773. The molecule has 1 aromatic rings. The van der Waals surface area contributed by atoms with Crippen LogP contribution in [0.15, 0.2) is 6.07 Å². The van der Waals surface area contributed by atoms with Gasteiger partial charge in [0, 0.05) is 19.2 Å². The molecule has 0 bridgehead atoms. The molecule has 1 aliphatic rings. The first kappa shape index (κ1) is 12.1. The summed E-state index contributed by atoms with van der Waals surface area (Å²) >= 11 is 0. The fraction of sp³-hybridized carbons (Fsp3) is 0.667. The molecule has 0 aromatic carbocycles. The van der Waals surface area contributed by atoms with E-state index in [0.717, 1.165) is 31.8 Å². The smallest absolute Gasteiger partial charge is 0.218 e. The lowest BCUT2D eigenvalue weighted by Gasteiger charge is -2.23. The summed E-state index contributed by atoms with van der Waals surface area (Å²) in [5.41, 5.74) is -0.0773. The average molecular weight is 237 g/mol. The number of nitrogens with one attached hydrogen (secondary N) is 1. The molecule has 1 aliphatic heterocycles. The van der Waals surface area contributed by atoms with Crippen molar-refractivity contribution in [1.82, 2.24) is 9.97 Å². The van der Waals surface area contributed by atoms with E-state index in [1.807, 2.05) is 6.92 Å². The van der Waals surface area contributed by atoms with Crippen LogP contribution in [0.1, 0.15) is 25.6 Å². The molecule has 5 nitrogen and oxygen atoms in total. The lowest BCUT2D eigenvalue weighted by atomic mass is 10.0. The normalized spacial score (nSPS) is 23.7. The van der Waals surface area contributed by atoms with Gasteiger partial charge in [0.25, 0.3) is 0 Å². The number of methoxy groups -OCH3 is 1. The second kappa shape index (κ2) is 4.87. The van der Waals surface area contributed by atoms with Crippen molar-refractivity contribution in [2.45, 2.75) is 32.3 Å². The second-order valence-corrected chi connectivity index (χ2v) is 4.60. The first-order valence-corrected chi connectivity index (χ1v) is 5.89. The topological polar surface area (TPSA) is 56.3 Å². The molecule has 1 N–H and O–H groups in total. The van der Waals surface area contributed by atoms with E-state index in [1.54, 1.807) is 13.2 Å². The van der Waals surface area contributed by atoms with Crippen LogP contribution in [-0.2, 0) is 4.74 Å². The van der Waals surface area contributed by atoms with Gasteiger partial charge in [0.05, 0.1) is 12.7 Å². The molecule has 0 aliphatic carbocycles. The Morgan fingerprint density at radius 2 is 2.35 bits per heavy atom. The molecule has 2 rings (SSSR count). The zero-order valence-corrected chi connectivity index (χ0v) is 10.6. The summed E-state index contributed by atoms with van der Waals surface area (Å²) in [6, 6.07) is 1.80. The van der Waals surface area contributed by atoms with Gasteiger partial charge < -0.3 is 14.8 Å². The molecule has 0 spiro atoms. The van der Waals surface area contributed by atoms with E-state index >= 15 is 0 Å². The number of nitrogens with zero attached hydrogens (tertiary/aromatic N) is 2. The quantitative estimate of drug-likeness (QED) is 0.865. The van der Waals surface area contributed by atoms with Crippen molar-refractivity contribution < 1.29 is 9.47 Å². The molecule has 0 saturated carbocycles. The molecule has 0 radical (unpaired) electrons. The SMILES string of the molecule is COc1cc(NCC2(C)CCCO2)nc(C)n1. The Kier molecular flexibility index (Phi) is 3.47. The highest BCUT2D eigenvalue weighted by Crippen LogP contribution is 2.25. The summed E-state index contributed by atoms with van der Waals surface area (Å²) in [6.45, 7) is 5.58. The largest absolute Gasteiger partial charge is 0.481 e. The second-order valence-electron chi connectivity index (χ2n) is 4.60. The van der Waals surface area contributed by atoms with Gasteiger partial charge in [-0.1, -0.05) is 0 Å². The highest BCUT2D eigenvalue weighted by molar-refractivity contribution is 5.38. The van der Waals surface area contributed by atoms with E-state index in [-0.39, 0.29) is 5.60 Å². The summed E-state index contributed by atoms with van der Waals surface area (Å²) in [5.74, 6) is 2.06. The van der Waals surface area contributed by atoms with Crippen molar-refractivity contribution in [3.05, 3.63) is 11.9 Å². The Morgan fingerprint density at radius 3 is 3.00 bits per heavy atom. The molecular formula is C12H19N3O2. The standard InChI is InChI=1S/C12H19N3O2/c1-9-14-10(7-11(15-9)16-3)13-8-12(2)5-4-6-17-12/h7H,4-6,8H2,1-3H3,(H,13,14,15). The Hall–Kier alpha value is -1.36. The maximum Gasteiger partial charge on any atom is 0.218 e. The third kappa shape index (κ3) is 3.06. The van der Waals surface area contributed by atoms with Gasteiger partial charge in [0.1, 0.15) is 11.6 Å². The van der Waals surface area contributed by atoms with Gasteiger partial charge in [-0.15, -0.1) is 0 Å². The lowest BCUT2D eigenvalue weighted by Crippen LogP contribution is -2.32. The van der Waals surface area contributed by atoms with Crippen LogP contribution in [0.4, 0.5) is 5.82 Å². The van der Waals surface area contributed by atoms with Crippen LogP contribution >= 0.6 is 0 Å². The molecule has 2 heterocycles. The van der Waals surface area contributed by atoms with Gasteiger partial charge in [-0.05, 0) is 26.7 Å². The number of anilines is 1. The molecule has 1 unspecified atom stereocenters. The highest BCUT2D eigenvalue weighted by Gasteiger charge is 2.29. The summed E-state index contributed by atoms with van der Waals surface area (Å²) < 4.78 is 10.8. The number of hydrogen-bond acceptors (Lipinski definition) is 5. The van der Waals surface area contributed by atoms with Crippen LogP contribution < -0.4 is 10.1 Å². The van der Waals surface area contributed by atoms with E-state index in [1.165, 1.54) is 0 Å². The molecular weight excluding hydrogens is 218 g/mol. The molecule has 1 aromatic heterocycles. The Balaban J connectivity index is 2.00. The summed E-state index contributed by atoms with van der Waals surface area (Å²) in [6.07, 6.45) is 2.21. The first-order chi connectivity index (χ1) is 8.11. The average Bonchev–Trinajstić information content (AvgIpc) is 2.73. The van der Waals surface area contributed by atoms with Crippen molar-refractivity contribution in [2.75, 3.05) is 25.6 Å². The van der Waals surface area contributed by atoms with E-state index in [0.29, 0.717) is 11.7 Å². The summed E-state index contributed by atoms with van der Waals surface area (Å²) in [7, 11) is 1.60. The fourth-order valence-electron chi connectivity index (χ4n) is 1.99. The summed E-state index contributed by atoms with van der Waals surface area (Å²) in [5, 5.41) is 3.29. The zero-order chi connectivity index (χ0) is 12.3. The maximum atomic E-state index is 5.71. The molecule has 1 atom stereocenters. The molecule has 17 heavy (non-hydrogen) atoms. The van der Waals surface area contributed by atoms with Crippen molar-refractivity contribution >= 4 is 5.82 Å². The third-order valence-electron chi connectivity index (χ3n) is 2.97. The highest BCUT2D eigenvalue weighted by atomic mass is 16.5. The van der Waals surface area contributed by atoms with Gasteiger partial charge in [0.2, 0.25) is 5.88 Å². The van der Waals surface area contributed by atoms with E-state index in [4.69, 9.17) is 9.47 Å².